The van der Waals surface area contributed by atoms with Crippen LogP contribution in [0.1, 0.15) is 48.1 Å². The Morgan fingerprint density at radius 1 is 1.26 bits per heavy atom. The number of hydrogen-bond acceptors (Lipinski definition) is 6. The van der Waals surface area contributed by atoms with Crippen LogP contribution in [0.25, 0.3) is 6.08 Å². The lowest BCUT2D eigenvalue weighted by atomic mass is 9.50. The number of amides is 1. The molecule has 1 aromatic carbocycles. The third kappa shape index (κ3) is 3.69. The maximum atomic E-state index is 13.4. The van der Waals surface area contributed by atoms with E-state index in [4.69, 9.17) is 4.74 Å². The van der Waals surface area contributed by atoms with Gasteiger partial charge in [-0.15, -0.1) is 11.3 Å². The molecule has 6 nitrogen and oxygen atoms in total. The number of likely N-dealkylation sites (N-methyl/N-ethyl adjacent to an activating group) is 1. The number of thiophene rings is 1. The summed E-state index contributed by atoms with van der Waals surface area (Å²) >= 11 is 5.11. The van der Waals surface area contributed by atoms with Gasteiger partial charge in [0.15, 0.2) is 11.5 Å². The smallest absolute Gasteiger partial charge is 0.246 e. The highest BCUT2D eigenvalue weighted by molar-refractivity contribution is 9.10. The minimum Gasteiger partial charge on any atom is -0.504 e. The highest BCUT2D eigenvalue weighted by atomic mass is 79.9. The van der Waals surface area contributed by atoms with Gasteiger partial charge in [0.1, 0.15) is 6.10 Å². The number of rotatable bonds is 6. The van der Waals surface area contributed by atoms with Crippen molar-refractivity contribution in [3.63, 3.8) is 0 Å². The number of piperidine rings is 1. The Morgan fingerprint density at radius 2 is 2.08 bits per heavy atom. The maximum absolute atomic E-state index is 13.4. The van der Waals surface area contributed by atoms with Gasteiger partial charge >= 0.3 is 0 Å². The van der Waals surface area contributed by atoms with Crippen molar-refractivity contribution in [2.75, 3.05) is 39.1 Å². The van der Waals surface area contributed by atoms with Gasteiger partial charge in [0.25, 0.3) is 0 Å². The third-order valence-corrected chi connectivity index (χ3v) is 11.7. The lowest BCUT2D eigenvalue weighted by Gasteiger charge is -2.60. The number of nitrogens with zero attached hydrogens (tertiary/aromatic N) is 3. The Kier molecular flexibility index (Phi) is 5.91. The molecule has 2 aromatic rings. The second kappa shape index (κ2) is 9.00. The molecule has 1 saturated heterocycles. The molecule has 2 bridgehead atoms. The van der Waals surface area contributed by atoms with E-state index in [2.05, 4.69) is 39.8 Å². The Morgan fingerprint density at radius 3 is 2.79 bits per heavy atom. The van der Waals surface area contributed by atoms with E-state index < -0.39 is 0 Å². The monoisotopic (exact) mass is 597 g/mol. The first-order valence-electron chi connectivity index (χ1n) is 13.9. The van der Waals surface area contributed by atoms with Crippen molar-refractivity contribution in [1.29, 1.82) is 0 Å². The number of carbonyl (C=O) groups is 1. The molecule has 1 aromatic heterocycles. The van der Waals surface area contributed by atoms with E-state index in [-0.39, 0.29) is 29.2 Å². The van der Waals surface area contributed by atoms with Gasteiger partial charge in [0.05, 0.1) is 6.04 Å². The molecule has 8 heteroatoms. The van der Waals surface area contributed by atoms with Crippen LogP contribution in [-0.4, -0.2) is 73.2 Å². The van der Waals surface area contributed by atoms with Crippen molar-refractivity contribution < 1.29 is 14.6 Å². The van der Waals surface area contributed by atoms with E-state index in [0.29, 0.717) is 17.7 Å². The average Bonchev–Trinajstić information content (AvgIpc) is 3.51. The van der Waals surface area contributed by atoms with E-state index in [1.165, 1.54) is 30.5 Å². The minimum atomic E-state index is -0.156. The molecule has 0 radical (unpaired) electrons. The summed E-state index contributed by atoms with van der Waals surface area (Å²) in [5, 5.41) is 13.2. The van der Waals surface area contributed by atoms with Crippen molar-refractivity contribution in [2.24, 2.45) is 11.8 Å². The van der Waals surface area contributed by atoms with Crippen molar-refractivity contribution in [3.05, 3.63) is 44.1 Å². The van der Waals surface area contributed by atoms with E-state index in [1.54, 1.807) is 17.4 Å². The summed E-state index contributed by atoms with van der Waals surface area (Å²) in [6.07, 6.45) is 10.3. The highest BCUT2D eigenvalue weighted by Gasteiger charge is 2.67. The van der Waals surface area contributed by atoms with Crippen LogP contribution in [0.2, 0.25) is 0 Å². The molecule has 5 atom stereocenters. The lowest BCUT2D eigenvalue weighted by Crippen LogP contribution is -2.69. The minimum absolute atomic E-state index is 0.00545. The van der Waals surface area contributed by atoms with Crippen LogP contribution in [-0.2, 0) is 16.6 Å². The summed E-state index contributed by atoms with van der Waals surface area (Å²) in [5.41, 5.74) is 3.56. The first-order valence-corrected chi connectivity index (χ1v) is 15.6. The Bertz CT molecular complexity index is 1320. The van der Waals surface area contributed by atoms with Crippen molar-refractivity contribution in [3.8, 4) is 11.5 Å². The summed E-state index contributed by atoms with van der Waals surface area (Å²) in [5.74, 6) is 2.28. The molecule has 1 spiro atoms. The standard InChI is InChI=1S/C30H36BrN3O3S/c1-32(2)23-14-25(35)28-27-20(23)13-24-21-7-8-22(33(3)26(36)9-6-19-12-18(31)16-38-19)29(37-28)30(21,27)10-11-34(24)15-17-4-5-17/h6,9,12,14,16-17,21-22,24,29,35H,4-5,7-8,10-11,13,15H2,1-3H3/b9-6+/t21-,22-,24+,29-,30-/m0/s1. The number of hydrogen-bond donors (Lipinski definition) is 1. The van der Waals surface area contributed by atoms with Gasteiger partial charge in [-0.1, -0.05) is 0 Å². The van der Waals surface area contributed by atoms with Crippen LogP contribution in [0.5, 0.6) is 11.5 Å². The SMILES string of the molecule is CN(C)c1cc(O)c2c3c1C[C@@H]1[C@@H]4CC[C@H](N(C)C(=O)/C=C/c5cc(Br)cs5)[C@H](O2)[C@]34CCN1CC1CC1. The van der Waals surface area contributed by atoms with Crippen LogP contribution in [0, 0.1) is 11.8 Å². The average molecular weight is 599 g/mol. The molecule has 38 heavy (non-hydrogen) atoms. The molecule has 1 amide bonds. The number of phenols is 1. The molecular weight excluding hydrogens is 562 g/mol. The molecule has 202 valence electrons. The largest absolute Gasteiger partial charge is 0.504 e. The number of carbonyl (C=O) groups excluding carboxylic acids is 1. The number of anilines is 1. The summed E-state index contributed by atoms with van der Waals surface area (Å²) in [7, 11) is 6.07. The van der Waals surface area contributed by atoms with E-state index in [9.17, 15) is 9.90 Å². The van der Waals surface area contributed by atoms with Gasteiger partial charge in [-0.3, -0.25) is 9.69 Å². The number of phenolic OH excluding ortho intramolecular Hbond substituents is 1. The molecular formula is C30H36BrN3O3S. The van der Waals surface area contributed by atoms with Gasteiger partial charge in [-0.25, -0.2) is 0 Å². The van der Waals surface area contributed by atoms with Crippen molar-refractivity contribution in [1.82, 2.24) is 9.80 Å². The molecule has 2 aliphatic heterocycles. The van der Waals surface area contributed by atoms with Gasteiger partial charge in [-0.05, 0) is 90.5 Å². The van der Waals surface area contributed by atoms with Gasteiger partial charge in [-0.2, -0.15) is 0 Å². The fourth-order valence-corrected chi connectivity index (χ4v) is 9.50. The zero-order valence-electron chi connectivity index (χ0n) is 22.3. The van der Waals surface area contributed by atoms with Crippen LogP contribution in [0.4, 0.5) is 5.69 Å². The molecule has 3 aliphatic carbocycles. The van der Waals surface area contributed by atoms with Gasteiger partial charge in [0, 0.05) is 77.3 Å². The zero-order chi connectivity index (χ0) is 26.3. The predicted molar refractivity (Wildman–Crippen MR) is 155 cm³/mol. The Hall–Kier alpha value is -2.03. The summed E-state index contributed by atoms with van der Waals surface area (Å²) in [4.78, 5) is 21.3. The number of aromatic hydroxyl groups is 1. The number of benzene rings is 1. The molecule has 5 aliphatic rings. The first kappa shape index (κ1) is 25.0. The fraction of sp³-hybridized carbons (Fsp3) is 0.567. The quantitative estimate of drug-likeness (QED) is 0.460. The Labute approximate surface area is 237 Å². The third-order valence-electron chi connectivity index (χ3n) is 10.0. The normalized spacial score (nSPS) is 31.3. The van der Waals surface area contributed by atoms with E-state index in [0.717, 1.165) is 53.2 Å². The molecule has 7 rings (SSSR count). The molecule has 3 heterocycles. The second-order valence-electron chi connectivity index (χ2n) is 12.2. The zero-order valence-corrected chi connectivity index (χ0v) is 24.7. The van der Waals surface area contributed by atoms with Gasteiger partial charge < -0.3 is 19.6 Å². The fourth-order valence-electron chi connectivity index (χ4n) is 8.17. The molecule has 1 N–H and O–H groups in total. The molecule has 3 fully saturated rings. The Balaban J connectivity index is 1.27. The lowest BCUT2D eigenvalue weighted by molar-refractivity contribution is -0.135. The summed E-state index contributed by atoms with van der Waals surface area (Å²) in [6.45, 7) is 2.28. The molecule has 2 saturated carbocycles. The van der Waals surface area contributed by atoms with E-state index >= 15 is 0 Å². The van der Waals surface area contributed by atoms with Crippen LogP contribution >= 0.6 is 27.3 Å². The first-order chi connectivity index (χ1) is 18.3. The number of ether oxygens (including phenoxy) is 1. The van der Waals surface area contributed by atoms with Crippen molar-refractivity contribution in [2.45, 2.75) is 62.1 Å². The number of halogens is 1. The maximum Gasteiger partial charge on any atom is 0.246 e. The topological polar surface area (TPSA) is 56.3 Å². The van der Waals surface area contributed by atoms with E-state index in [1.807, 2.05) is 35.5 Å². The van der Waals surface area contributed by atoms with Crippen LogP contribution in [0.15, 0.2) is 28.1 Å². The summed E-state index contributed by atoms with van der Waals surface area (Å²) < 4.78 is 7.85. The summed E-state index contributed by atoms with van der Waals surface area (Å²) in [6, 6.07) is 4.39. The number of likely N-dealkylation sites (tertiary alicyclic amines) is 1. The second-order valence-corrected chi connectivity index (χ2v) is 14.1. The van der Waals surface area contributed by atoms with Gasteiger partial charge in [0.2, 0.25) is 5.91 Å². The predicted octanol–water partition coefficient (Wildman–Crippen LogP) is 5.27. The van der Waals surface area contributed by atoms with Crippen LogP contribution in [0.3, 0.4) is 0 Å². The molecule has 0 unspecified atom stereocenters. The van der Waals surface area contributed by atoms with Crippen molar-refractivity contribution >= 4 is 44.9 Å². The highest BCUT2D eigenvalue weighted by Crippen LogP contribution is 2.65. The van der Waals surface area contributed by atoms with Crippen LogP contribution < -0.4 is 9.64 Å².